The number of rotatable bonds is 6. The predicted molar refractivity (Wildman–Crippen MR) is 79.0 cm³/mol. The van der Waals surface area contributed by atoms with Crippen LogP contribution >= 0.6 is 15.9 Å². The topological polar surface area (TPSA) is 18.5 Å². The minimum atomic E-state index is 0.694. The van der Waals surface area contributed by atoms with Gasteiger partial charge in [0, 0.05) is 5.33 Å². The first-order valence-electron chi connectivity index (χ1n) is 6.19. The Morgan fingerprint density at radius 1 is 0.944 bits per heavy atom. The number of hydrogen-bond acceptors (Lipinski definition) is 2. The monoisotopic (exact) mass is 308 g/mol. The van der Waals surface area contributed by atoms with E-state index in [2.05, 4.69) is 40.2 Å². The maximum Gasteiger partial charge on any atom is 0.119 e. The largest absolute Gasteiger partial charge is 0.494 e. The fourth-order valence-corrected chi connectivity index (χ4v) is 2.02. The Hall–Kier alpha value is -1.22. The Morgan fingerprint density at radius 2 is 1.56 bits per heavy atom. The fourth-order valence-electron chi connectivity index (χ4n) is 1.79. The molecule has 96 valence electrons. The molecule has 0 saturated heterocycles. The number of benzene rings is 2. The van der Waals surface area contributed by atoms with Crippen molar-refractivity contribution in [2.75, 3.05) is 18.5 Å². The summed E-state index contributed by atoms with van der Waals surface area (Å²) in [6, 6.07) is 12.3. The van der Waals surface area contributed by atoms with Gasteiger partial charge in [-0.15, -0.1) is 0 Å². The molecule has 0 saturated carbocycles. The highest BCUT2D eigenvalue weighted by molar-refractivity contribution is 9.09. The summed E-state index contributed by atoms with van der Waals surface area (Å²) in [5.41, 5.74) is 0. The molecule has 0 aromatic heterocycles. The van der Waals surface area contributed by atoms with Crippen LogP contribution < -0.4 is 9.47 Å². The van der Waals surface area contributed by atoms with Crippen LogP contribution in [-0.4, -0.2) is 18.5 Å². The minimum Gasteiger partial charge on any atom is -0.494 e. The van der Waals surface area contributed by atoms with Crippen LogP contribution in [0.1, 0.15) is 13.3 Å². The quantitative estimate of drug-likeness (QED) is 0.581. The summed E-state index contributed by atoms with van der Waals surface area (Å²) in [6.45, 7) is 3.43. The van der Waals surface area contributed by atoms with Crippen LogP contribution in [0.4, 0.5) is 0 Å². The molecule has 0 aliphatic carbocycles. The van der Waals surface area contributed by atoms with Crippen molar-refractivity contribution in [3.63, 3.8) is 0 Å². The first-order valence-corrected chi connectivity index (χ1v) is 7.31. The molecule has 2 aromatic carbocycles. The summed E-state index contributed by atoms with van der Waals surface area (Å²) in [5.74, 6) is 1.84. The van der Waals surface area contributed by atoms with Gasteiger partial charge >= 0.3 is 0 Å². The first-order chi connectivity index (χ1) is 8.83. The molecular formula is C15H17BrO2. The lowest BCUT2D eigenvalue weighted by molar-refractivity contribution is 0.319. The van der Waals surface area contributed by atoms with Gasteiger partial charge in [0.05, 0.1) is 13.2 Å². The van der Waals surface area contributed by atoms with Crippen molar-refractivity contribution < 1.29 is 9.47 Å². The molecule has 2 aromatic rings. The summed E-state index contributed by atoms with van der Waals surface area (Å²) in [6.07, 6.45) is 1.02. The molecule has 18 heavy (non-hydrogen) atoms. The van der Waals surface area contributed by atoms with E-state index in [-0.39, 0.29) is 0 Å². The van der Waals surface area contributed by atoms with E-state index in [9.17, 15) is 0 Å². The lowest BCUT2D eigenvalue weighted by Crippen LogP contribution is -1.97. The second-order valence-corrected chi connectivity index (χ2v) is 4.79. The third kappa shape index (κ3) is 3.39. The lowest BCUT2D eigenvalue weighted by atomic mass is 10.1. The van der Waals surface area contributed by atoms with E-state index in [0.717, 1.165) is 29.9 Å². The molecule has 0 atom stereocenters. The standard InChI is InChI=1S/C15H17BrO2/c1-2-17-14-6-4-13-11-15(18-9-3-8-16)7-5-12(13)10-14/h4-7,10-11H,2-3,8-9H2,1H3. The van der Waals surface area contributed by atoms with E-state index in [1.54, 1.807) is 0 Å². The van der Waals surface area contributed by atoms with Gasteiger partial charge in [-0.3, -0.25) is 0 Å². The van der Waals surface area contributed by atoms with E-state index in [1.807, 2.05) is 19.1 Å². The van der Waals surface area contributed by atoms with E-state index in [0.29, 0.717) is 6.61 Å². The first kappa shape index (κ1) is 13.2. The minimum absolute atomic E-state index is 0.694. The molecule has 0 aliphatic heterocycles. The van der Waals surface area contributed by atoms with Gasteiger partial charge in [0.25, 0.3) is 0 Å². The van der Waals surface area contributed by atoms with Crippen molar-refractivity contribution in [1.82, 2.24) is 0 Å². The van der Waals surface area contributed by atoms with Gasteiger partial charge in [-0.2, -0.15) is 0 Å². The van der Waals surface area contributed by atoms with Crippen molar-refractivity contribution in [3.05, 3.63) is 36.4 Å². The average molecular weight is 309 g/mol. The molecule has 0 aliphatic rings. The zero-order chi connectivity index (χ0) is 12.8. The van der Waals surface area contributed by atoms with E-state index >= 15 is 0 Å². The van der Waals surface area contributed by atoms with Crippen LogP contribution in [0.3, 0.4) is 0 Å². The number of fused-ring (bicyclic) bond motifs is 1. The number of hydrogen-bond donors (Lipinski definition) is 0. The smallest absolute Gasteiger partial charge is 0.119 e. The van der Waals surface area contributed by atoms with Gasteiger partial charge in [0.2, 0.25) is 0 Å². The number of halogens is 1. The summed E-state index contributed by atoms with van der Waals surface area (Å²) in [7, 11) is 0. The molecule has 0 bridgehead atoms. The van der Waals surface area contributed by atoms with Crippen molar-refractivity contribution >= 4 is 26.7 Å². The number of ether oxygens (including phenoxy) is 2. The molecule has 0 amide bonds. The molecule has 0 N–H and O–H groups in total. The summed E-state index contributed by atoms with van der Waals surface area (Å²) in [4.78, 5) is 0. The van der Waals surface area contributed by atoms with E-state index < -0.39 is 0 Å². The zero-order valence-corrected chi connectivity index (χ0v) is 12.1. The van der Waals surface area contributed by atoms with Crippen LogP contribution in [0, 0.1) is 0 Å². The fraction of sp³-hybridized carbons (Fsp3) is 0.333. The Labute approximate surface area is 116 Å². The number of alkyl halides is 1. The molecule has 2 nitrogen and oxygen atoms in total. The molecule has 2 rings (SSSR count). The highest BCUT2D eigenvalue weighted by atomic mass is 79.9. The van der Waals surface area contributed by atoms with Gasteiger partial charge in [0.15, 0.2) is 0 Å². The van der Waals surface area contributed by atoms with Crippen molar-refractivity contribution in [2.24, 2.45) is 0 Å². The van der Waals surface area contributed by atoms with Crippen LogP contribution in [0.5, 0.6) is 11.5 Å². The molecule has 0 radical (unpaired) electrons. The van der Waals surface area contributed by atoms with Crippen molar-refractivity contribution in [2.45, 2.75) is 13.3 Å². The summed E-state index contributed by atoms with van der Waals surface area (Å²) in [5, 5.41) is 3.32. The van der Waals surface area contributed by atoms with Crippen LogP contribution in [0.2, 0.25) is 0 Å². The Morgan fingerprint density at radius 3 is 2.11 bits per heavy atom. The third-order valence-electron chi connectivity index (χ3n) is 2.64. The lowest BCUT2D eigenvalue weighted by Gasteiger charge is -2.08. The van der Waals surface area contributed by atoms with Crippen LogP contribution in [0.15, 0.2) is 36.4 Å². The SMILES string of the molecule is CCOc1ccc2cc(OCCCBr)ccc2c1. The Bertz CT molecular complexity index is 511. The van der Waals surface area contributed by atoms with E-state index in [4.69, 9.17) is 9.47 Å². The second kappa shape index (κ2) is 6.64. The van der Waals surface area contributed by atoms with E-state index in [1.165, 1.54) is 10.8 Å². The average Bonchev–Trinajstić information content (AvgIpc) is 2.39. The van der Waals surface area contributed by atoms with Gasteiger partial charge in [-0.25, -0.2) is 0 Å². The summed E-state index contributed by atoms with van der Waals surface area (Å²) < 4.78 is 11.2. The normalized spacial score (nSPS) is 10.6. The Balaban J connectivity index is 2.16. The van der Waals surface area contributed by atoms with Crippen LogP contribution in [0.25, 0.3) is 10.8 Å². The molecule has 3 heteroatoms. The Kier molecular flexibility index (Phi) is 4.88. The predicted octanol–water partition coefficient (Wildman–Crippen LogP) is 4.40. The van der Waals surface area contributed by atoms with Gasteiger partial charge < -0.3 is 9.47 Å². The summed E-state index contributed by atoms with van der Waals surface area (Å²) >= 11 is 3.39. The van der Waals surface area contributed by atoms with Gasteiger partial charge in [0.1, 0.15) is 11.5 Å². The maximum atomic E-state index is 5.67. The van der Waals surface area contributed by atoms with Gasteiger partial charge in [-0.05, 0) is 48.4 Å². The highest BCUT2D eigenvalue weighted by Crippen LogP contribution is 2.25. The highest BCUT2D eigenvalue weighted by Gasteiger charge is 2.00. The van der Waals surface area contributed by atoms with Gasteiger partial charge in [-0.1, -0.05) is 28.1 Å². The van der Waals surface area contributed by atoms with Crippen molar-refractivity contribution in [1.29, 1.82) is 0 Å². The molecule has 0 fully saturated rings. The second-order valence-electron chi connectivity index (χ2n) is 3.99. The third-order valence-corrected chi connectivity index (χ3v) is 3.20. The maximum absolute atomic E-state index is 5.67. The molecular weight excluding hydrogens is 292 g/mol. The molecule has 0 heterocycles. The zero-order valence-electron chi connectivity index (χ0n) is 10.5. The van der Waals surface area contributed by atoms with Crippen LogP contribution in [-0.2, 0) is 0 Å². The molecule has 0 unspecified atom stereocenters. The van der Waals surface area contributed by atoms with Crippen molar-refractivity contribution in [3.8, 4) is 11.5 Å². The molecule has 0 spiro atoms.